The van der Waals surface area contributed by atoms with E-state index in [1.54, 1.807) is 24.3 Å². The van der Waals surface area contributed by atoms with Gasteiger partial charge in [0, 0.05) is 32.7 Å². The first-order valence-electron chi connectivity index (χ1n) is 9.70. The molecule has 2 saturated heterocycles. The number of ether oxygens (including phenoxy) is 2. The van der Waals surface area contributed by atoms with E-state index in [0.717, 1.165) is 0 Å². The Hall–Kier alpha value is -1.08. The molecule has 2 aliphatic rings. The van der Waals surface area contributed by atoms with Gasteiger partial charge < -0.3 is 9.47 Å². The largest absolute Gasteiger partial charge is 0.379 e. The third-order valence-electron chi connectivity index (χ3n) is 4.99. The minimum absolute atomic E-state index is 0.0251. The summed E-state index contributed by atoms with van der Waals surface area (Å²) in [7, 11) is -7.20. The van der Waals surface area contributed by atoms with Gasteiger partial charge in [0.15, 0.2) is 0 Å². The molecule has 9 nitrogen and oxygen atoms in total. The summed E-state index contributed by atoms with van der Waals surface area (Å²) >= 11 is 0. The van der Waals surface area contributed by atoms with E-state index in [9.17, 15) is 16.8 Å². The van der Waals surface area contributed by atoms with Crippen LogP contribution in [0.2, 0.25) is 0 Å². The highest BCUT2D eigenvalue weighted by Gasteiger charge is 2.31. The molecule has 0 aromatic heterocycles. The maximum absolute atomic E-state index is 12.7. The van der Waals surface area contributed by atoms with Gasteiger partial charge in [0.2, 0.25) is 10.0 Å². The van der Waals surface area contributed by atoms with Gasteiger partial charge in [-0.05, 0) is 25.0 Å². The second-order valence-corrected chi connectivity index (χ2v) is 11.2. The summed E-state index contributed by atoms with van der Waals surface area (Å²) in [5.41, 5.74) is 1.23. The fraction of sp³-hybridized carbons (Fsp3) is 0.667. The molecule has 0 amide bonds. The molecule has 2 atom stereocenters. The molecule has 2 heterocycles. The first kappa shape index (κ1) is 22.6. The van der Waals surface area contributed by atoms with E-state index in [1.165, 1.54) is 8.61 Å². The predicted molar refractivity (Wildman–Crippen MR) is 109 cm³/mol. The van der Waals surface area contributed by atoms with Gasteiger partial charge >= 0.3 is 0 Å². The molecule has 2 fully saturated rings. The normalized spacial score (nSPS) is 25.2. The predicted octanol–water partition coefficient (Wildman–Crippen LogP) is 0.292. The van der Waals surface area contributed by atoms with Crippen LogP contribution in [0.3, 0.4) is 0 Å². The van der Waals surface area contributed by atoms with Crippen LogP contribution < -0.4 is 4.72 Å². The van der Waals surface area contributed by atoms with Crippen molar-refractivity contribution in [2.24, 2.45) is 0 Å². The van der Waals surface area contributed by atoms with Crippen LogP contribution in [0.15, 0.2) is 24.3 Å². The second-order valence-electron chi connectivity index (χ2n) is 7.44. The van der Waals surface area contributed by atoms with E-state index >= 15 is 0 Å². The van der Waals surface area contributed by atoms with Crippen molar-refractivity contribution in [1.29, 1.82) is 0 Å². The minimum Gasteiger partial charge on any atom is -0.379 e. The second kappa shape index (κ2) is 9.38. The van der Waals surface area contributed by atoms with E-state index < -0.39 is 20.2 Å². The zero-order valence-electron chi connectivity index (χ0n) is 16.8. The fourth-order valence-corrected chi connectivity index (χ4v) is 6.47. The average Bonchev–Trinajstić information content (AvgIpc) is 2.67. The zero-order chi connectivity index (χ0) is 21.1. The third-order valence-corrected chi connectivity index (χ3v) is 8.31. The van der Waals surface area contributed by atoms with Crippen molar-refractivity contribution >= 4 is 20.2 Å². The van der Waals surface area contributed by atoms with Crippen molar-refractivity contribution in [2.45, 2.75) is 38.4 Å². The lowest BCUT2D eigenvalue weighted by Crippen LogP contribution is -2.51. The van der Waals surface area contributed by atoms with Crippen LogP contribution in [0.4, 0.5) is 0 Å². The maximum Gasteiger partial charge on any atom is 0.279 e. The number of nitrogens with zero attached hydrogens (tertiary/aromatic N) is 2. The van der Waals surface area contributed by atoms with Gasteiger partial charge in [-0.15, -0.1) is 0 Å². The highest BCUT2D eigenvalue weighted by molar-refractivity contribution is 7.88. The lowest BCUT2D eigenvalue weighted by atomic mass is 10.1. The summed E-state index contributed by atoms with van der Waals surface area (Å²) in [4.78, 5) is 0. The molecular formula is C18H29N3O6S2. The van der Waals surface area contributed by atoms with Crippen molar-refractivity contribution < 1.29 is 26.3 Å². The van der Waals surface area contributed by atoms with Gasteiger partial charge in [-0.25, -0.2) is 8.42 Å². The third kappa shape index (κ3) is 5.97. The van der Waals surface area contributed by atoms with Crippen LogP contribution in [-0.4, -0.2) is 77.0 Å². The molecule has 29 heavy (non-hydrogen) atoms. The Labute approximate surface area is 173 Å². The molecule has 0 bridgehead atoms. The Balaban J connectivity index is 1.69. The van der Waals surface area contributed by atoms with E-state index in [4.69, 9.17) is 9.47 Å². The lowest BCUT2D eigenvalue weighted by molar-refractivity contribution is -0.0444. The minimum atomic E-state index is -3.70. The van der Waals surface area contributed by atoms with Crippen molar-refractivity contribution in [3.05, 3.63) is 35.4 Å². The lowest BCUT2D eigenvalue weighted by Gasteiger charge is -2.34. The summed E-state index contributed by atoms with van der Waals surface area (Å²) in [6, 6.07) is 7.00. The molecule has 1 aromatic rings. The standard InChI is InChI=1S/C18H29N3O6S2/c1-15-12-21(13-16(2)27-15)29(24,25)19-11-17-5-3-4-6-18(17)14-28(22,23)20-7-9-26-10-8-20/h3-6,15-16,19H,7-14H2,1-2H3/t15-,16-/m1/s1. The van der Waals surface area contributed by atoms with Crippen LogP contribution in [0.25, 0.3) is 0 Å². The number of benzene rings is 1. The van der Waals surface area contributed by atoms with Gasteiger partial charge in [-0.2, -0.15) is 21.8 Å². The molecule has 1 aromatic carbocycles. The molecule has 3 rings (SSSR count). The molecule has 0 spiro atoms. The number of nitrogens with one attached hydrogen (secondary N) is 1. The Bertz CT molecular complexity index is 890. The molecule has 0 unspecified atom stereocenters. The van der Waals surface area contributed by atoms with Gasteiger partial charge in [0.05, 0.1) is 31.2 Å². The Kier molecular flexibility index (Phi) is 7.31. The van der Waals surface area contributed by atoms with Crippen LogP contribution >= 0.6 is 0 Å². The summed E-state index contributed by atoms with van der Waals surface area (Å²) in [6.45, 7) is 5.72. The number of sulfonamides is 1. The topological polar surface area (TPSA) is 105 Å². The summed E-state index contributed by atoms with van der Waals surface area (Å²) in [6.07, 6.45) is -0.359. The molecule has 0 saturated carbocycles. The highest BCUT2D eigenvalue weighted by atomic mass is 32.2. The first-order chi connectivity index (χ1) is 13.7. The van der Waals surface area contributed by atoms with Crippen LogP contribution in [-0.2, 0) is 42.0 Å². The molecule has 0 aliphatic carbocycles. The number of morpholine rings is 2. The van der Waals surface area contributed by atoms with Crippen molar-refractivity contribution in [1.82, 2.24) is 13.3 Å². The zero-order valence-corrected chi connectivity index (χ0v) is 18.4. The SMILES string of the molecule is C[C@@H]1CN(S(=O)(=O)NCc2ccccc2CS(=O)(=O)N2CCOCC2)C[C@@H](C)O1. The fourth-order valence-electron chi connectivity index (χ4n) is 3.57. The van der Waals surface area contributed by atoms with E-state index in [-0.39, 0.29) is 37.6 Å². The van der Waals surface area contributed by atoms with Crippen molar-refractivity contribution in [2.75, 3.05) is 39.4 Å². The number of hydrogen-bond donors (Lipinski definition) is 1. The van der Waals surface area contributed by atoms with Gasteiger partial charge in [-0.3, -0.25) is 0 Å². The quantitative estimate of drug-likeness (QED) is 0.644. The number of hydrogen-bond acceptors (Lipinski definition) is 6. The molecule has 2 aliphatic heterocycles. The number of rotatable bonds is 7. The monoisotopic (exact) mass is 447 g/mol. The summed E-state index contributed by atoms with van der Waals surface area (Å²) in [5, 5.41) is 0. The molecule has 0 radical (unpaired) electrons. The van der Waals surface area contributed by atoms with Crippen molar-refractivity contribution in [3.63, 3.8) is 0 Å². The molecular weight excluding hydrogens is 418 g/mol. The maximum atomic E-state index is 12.7. The van der Waals surface area contributed by atoms with Gasteiger partial charge in [0.25, 0.3) is 10.2 Å². The molecule has 11 heteroatoms. The Morgan fingerprint density at radius 1 is 0.966 bits per heavy atom. The van der Waals surface area contributed by atoms with Crippen molar-refractivity contribution in [3.8, 4) is 0 Å². The highest BCUT2D eigenvalue weighted by Crippen LogP contribution is 2.18. The molecule has 164 valence electrons. The van der Waals surface area contributed by atoms with E-state index in [2.05, 4.69) is 4.72 Å². The van der Waals surface area contributed by atoms with Gasteiger partial charge in [0.1, 0.15) is 0 Å². The average molecular weight is 448 g/mol. The summed E-state index contributed by atoms with van der Waals surface area (Å²) < 4.78 is 67.1. The van der Waals surface area contributed by atoms with E-state index in [1.807, 2.05) is 13.8 Å². The Morgan fingerprint density at radius 2 is 1.55 bits per heavy atom. The molecule has 1 N–H and O–H groups in total. The van der Waals surface area contributed by atoms with Crippen LogP contribution in [0.1, 0.15) is 25.0 Å². The smallest absolute Gasteiger partial charge is 0.279 e. The van der Waals surface area contributed by atoms with Crippen LogP contribution in [0, 0.1) is 0 Å². The van der Waals surface area contributed by atoms with Crippen LogP contribution in [0.5, 0.6) is 0 Å². The summed E-state index contributed by atoms with van der Waals surface area (Å²) in [5.74, 6) is -0.170. The Morgan fingerprint density at radius 3 is 2.17 bits per heavy atom. The van der Waals surface area contributed by atoms with E-state index in [0.29, 0.717) is 37.4 Å². The first-order valence-corrected chi connectivity index (χ1v) is 12.7. The van der Waals surface area contributed by atoms with Gasteiger partial charge in [-0.1, -0.05) is 24.3 Å².